The number of hydrogen-bond acceptors (Lipinski definition) is 2. The minimum atomic E-state index is -2.80. The van der Waals surface area contributed by atoms with Crippen LogP contribution in [0.2, 0.25) is 0 Å². The van der Waals surface area contributed by atoms with E-state index in [4.69, 9.17) is 0 Å². The highest BCUT2D eigenvalue weighted by Crippen LogP contribution is 2.20. The lowest BCUT2D eigenvalue weighted by molar-refractivity contribution is -0.0498. The summed E-state index contributed by atoms with van der Waals surface area (Å²) in [6.45, 7) is -2.80. The number of H-pyrrole nitrogens is 1. The van der Waals surface area contributed by atoms with Gasteiger partial charge in [-0.3, -0.25) is 0 Å². The van der Waals surface area contributed by atoms with Crippen LogP contribution in [0.3, 0.4) is 0 Å². The van der Waals surface area contributed by atoms with Crippen LogP contribution in [0, 0.1) is 6.20 Å². The molecule has 0 atom stereocenters. The Morgan fingerprint density at radius 2 is 2.00 bits per heavy atom. The molecule has 77 valence electrons. The summed E-state index contributed by atoms with van der Waals surface area (Å²) in [6, 6.07) is 6.21. The van der Waals surface area contributed by atoms with Gasteiger partial charge in [0.1, 0.15) is 17.8 Å². The normalized spacial score (nSPS) is 10.6. The number of rotatable bonds is 3. The largest absolute Gasteiger partial charge is 0.435 e. The van der Waals surface area contributed by atoms with Gasteiger partial charge in [-0.25, -0.2) is 4.98 Å². The second kappa shape index (κ2) is 4.08. The SMILES string of the molecule is FC(F)Oc1ccc(-c2n[c]c[nH]2)cc1. The van der Waals surface area contributed by atoms with Gasteiger partial charge in [-0.2, -0.15) is 8.78 Å². The van der Waals surface area contributed by atoms with Crippen LogP contribution in [-0.2, 0) is 0 Å². The highest BCUT2D eigenvalue weighted by atomic mass is 19.3. The lowest BCUT2D eigenvalue weighted by atomic mass is 10.2. The molecule has 1 aromatic heterocycles. The molecule has 0 amide bonds. The second-order valence-electron chi connectivity index (χ2n) is 2.78. The number of halogens is 2. The Morgan fingerprint density at radius 3 is 2.53 bits per heavy atom. The van der Waals surface area contributed by atoms with Gasteiger partial charge in [0.05, 0.1) is 0 Å². The number of alkyl halides is 2. The van der Waals surface area contributed by atoms with Gasteiger partial charge in [-0.1, -0.05) is 0 Å². The van der Waals surface area contributed by atoms with Crippen molar-refractivity contribution in [2.75, 3.05) is 0 Å². The quantitative estimate of drug-likeness (QED) is 0.843. The van der Waals surface area contributed by atoms with E-state index in [-0.39, 0.29) is 5.75 Å². The molecule has 1 N–H and O–H groups in total. The third-order valence-electron chi connectivity index (χ3n) is 1.80. The van der Waals surface area contributed by atoms with Crippen molar-refractivity contribution >= 4 is 0 Å². The van der Waals surface area contributed by atoms with Crippen LogP contribution in [0.25, 0.3) is 11.4 Å². The summed E-state index contributed by atoms with van der Waals surface area (Å²) in [5.74, 6) is 0.767. The zero-order valence-corrected chi connectivity index (χ0v) is 7.58. The number of ether oxygens (including phenoxy) is 1. The third kappa shape index (κ3) is 2.31. The summed E-state index contributed by atoms with van der Waals surface area (Å²) in [6.07, 6.45) is 4.19. The number of nitrogens with one attached hydrogen (secondary N) is 1. The number of aromatic amines is 1. The molecule has 0 fully saturated rings. The smallest absolute Gasteiger partial charge is 0.387 e. The van der Waals surface area contributed by atoms with Crippen molar-refractivity contribution in [2.45, 2.75) is 6.61 Å². The molecule has 15 heavy (non-hydrogen) atoms. The van der Waals surface area contributed by atoms with Crippen LogP contribution >= 0.6 is 0 Å². The number of nitrogens with zero attached hydrogens (tertiary/aromatic N) is 1. The molecular formula is C10H7F2N2O. The predicted octanol–water partition coefficient (Wildman–Crippen LogP) is 2.48. The van der Waals surface area contributed by atoms with Crippen LogP contribution in [0.5, 0.6) is 5.75 Å². The van der Waals surface area contributed by atoms with Gasteiger partial charge >= 0.3 is 6.61 Å². The fourth-order valence-corrected chi connectivity index (χ4v) is 1.17. The predicted molar refractivity (Wildman–Crippen MR) is 49.5 cm³/mol. The van der Waals surface area contributed by atoms with E-state index < -0.39 is 6.61 Å². The first kappa shape index (κ1) is 9.64. The maximum absolute atomic E-state index is 11.8. The molecule has 3 nitrogen and oxygen atoms in total. The molecule has 5 heteroatoms. The Morgan fingerprint density at radius 1 is 1.27 bits per heavy atom. The summed E-state index contributed by atoms with van der Waals surface area (Å²) in [5.41, 5.74) is 0.790. The average molecular weight is 209 g/mol. The number of hydrogen-bond donors (Lipinski definition) is 1. The van der Waals surface area contributed by atoms with E-state index in [0.717, 1.165) is 5.56 Å². The van der Waals surface area contributed by atoms with Gasteiger partial charge in [-0.05, 0) is 24.3 Å². The van der Waals surface area contributed by atoms with E-state index in [0.29, 0.717) is 5.82 Å². The molecule has 1 aromatic carbocycles. The maximum atomic E-state index is 11.8. The zero-order valence-electron chi connectivity index (χ0n) is 7.58. The molecule has 2 aromatic rings. The Labute approximate surface area is 84.7 Å². The van der Waals surface area contributed by atoms with E-state index in [1.165, 1.54) is 12.1 Å². The highest BCUT2D eigenvalue weighted by molar-refractivity contribution is 5.55. The molecule has 0 saturated carbocycles. The first-order valence-electron chi connectivity index (χ1n) is 4.22. The van der Waals surface area contributed by atoms with Crippen molar-refractivity contribution < 1.29 is 13.5 Å². The van der Waals surface area contributed by atoms with Gasteiger partial charge in [-0.15, -0.1) is 0 Å². The fourth-order valence-electron chi connectivity index (χ4n) is 1.17. The first-order valence-corrected chi connectivity index (χ1v) is 4.22. The van der Waals surface area contributed by atoms with Crippen molar-refractivity contribution in [1.82, 2.24) is 9.97 Å². The van der Waals surface area contributed by atoms with E-state index >= 15 is 0 Å². The summed E-state index contributed by atoms with van der Waals surface area (Å²) in [4.78, 5) is 6.77. The Balaban J connectivity index is 2.17. The summed E-state index contributed by atoms with van der Waals surface area (Å²) < 4.78 is 27.9. The molecule has 0 aliphatic carbocycles. The molecule has 2 rings (SSSR count). The van der Waals surface area contributed by atoms with Crippen LogP contribution < -0.4 is 4.74 Å². The van der Waals surface area contributed by atoms with Gasteiger partial charge in [0.2, 0.25) is 0 Å². The Kier molecular flexibility index (Phi) is 2.62. The van der Waals surface area contributed by atoms with Gasteiger partial charge < -0.3 is 9.72 Å². The van der Waals surface area contributed by atoms with Crippen molar-refractivity contribution in [1.29, 1.82) is 0 Å². The van der Waals surface area contributed by atoms with Crippen molar-refractivity contribution in [3.8, 4) is 17.1 Å². The topological polar surface area (TPSA) is 37.9 Å². The molecule has 0 aliphatic heterocycles. The van der Waals surface area contributed by atoms with Crippen molar-refractivity contribution in [3.05, 3.63) is 36.7 Å². The minimum absolute atomic E-state index is 0.129. The number of benzene rings is 1. The van der Waals surface area contributed by atoms with E-state index in [2.05, 4.69) is 20.9 Å². The van der Waals surface area contributed by atoms with E-state index in [1.807, 2.05) is 0 Å². The Hall–Kier alpha value is -1.91. The van der Waals surface area contributed by atoms with Crippen molar-refractivity contribution in [2.24, 2.45) is 0 Å². The average Bonchev–Trinajstić information content (AvgIpc) is 2.71. The molecule has 0 saturated heterocycles. The Bertz CT molecular complexity index is 411. The van der Waals surface area contributed by atoms with Gasteiger partial charge in [0.25, 0.3) is 0 Å². The molecule has 0 unspecified atom stereocenters. The minimum Gasteiger partial charge on any atom is -0.435 e. The van der Waals surface area contributed by atoms with Crippen LogP contribution in [0.1, 0.15) is 0 Å². The highest BCUT2D eigenvalue weighted by Gasteiger charge is 2.04. The molecule has 0 bridgehead atoms. The molecule has 0 aliphatic rings. The number of imidazole rings is 1. The molecule has 1 radical (unpaired) electrons. The van der Waals surface area contributed by atoms with Crippen LogP contribution in [-0.4, -0.2) is 16.6 Å². The maximum Gasteiger partial charge on any atom is 0.387 e. The summed E-state index contributed by atoms with van der Waals surface area (Å²) in [5, 5.41) is 0. The monoisotopic (exact) mass is 209 g/mol. The van der Waals surface area contributed by atoms with Crippen molar-refractivity contribution in [3.63, 3.8) is 0 Å². The fraction of sp³-hybridized carbons (Fsp3) is 0.100. The lowest BCUT2D eigenvalue weighted by Crippen LogP contribution is -2.01. The van der Waals surface area contributed by atoms with E-state index in [1.54, 1.807) is 18.3 Å². The molecule has 0 spiro atoms. The third-order valence-corrected chi connectivity index (χ3v) is 1.80. The lowest BCUT2D eigenvalue weighted by Gasteiger charge is -2.04. The van der Waals surface area contributed by atoms with E-state index in [9.17, 15) is 8.78 Å². The summed E-state index contributed by atoms with van der Waals surface area (Å²) in [7, 11) is 0. The van der Waals surface area contributed by atoms with Gasteiger partial charge in [0, 0.05) is 11.8 Å². The molecule has 1 heterocycles. The zero-order chi connectivity index (χ0) is 10.7. The number of aromatic nitrogens is 2. The van der Waals surface area contributed by atoms with Gasteiger partial charge in [0.15, 0.2) is 0 Å². The second-order valence-corrected chi connectivity index (χ2v) is 2.78. The van der Waals surface area contributed by atoms with Crippen LogP contribution in [0.4, 0.5) is 8.78 Å². The summed E-state index contributed by atoms with van der Waals surface area (Å²) >= 11 is 0. The standard InChI is InChI=1S/C10H7F2N2O/c11-10(12)15-8-3-1-7(2-4-8)9-13-5-6-14-9/h1-5,10H,(H,13,14). The van der Waals surface area contributed by atoms with Crippen LogP contribution in [0.15, 0.2) is 30.5 Å². The molecular weight excluding hydrogens is 202 g/mol. The first-order chi connectivity index (χ1) is 7.25.